The normalized spacial score (nSPS) is 13.7. The van der Waals surface area contributed by atoms with Crippen molar-refractivity contribution < 1.29 is 19.1 Å². The first-order valence-electron chi connectivity index (χ1n) is 5.43. The molecule has 0 radical (unpaired) electrons. The van der Waals surface area contributed by atoms with Crippen molar-refractivity contribution in [1.82, 2.24) is 0 Å². The number of ketones is 1. The lowest BCUT2D eigenvalue weighted by molar-refractivity contribution is -0.119. The Kier molecular flexibility index (Phi) is 4.63. The molecular weight excluding hydrogens is 239 g/mol. The molecule has 0 aliphatic heterocycles. The van der Waals surface area contributed by atoms with E-state index in [1.165, 1.54) is 0 Å². The van der Waals surface area contributed by atoms with Crippen molar-refractivity contribution in [2.75, 3.05) is 6.16 Å². The molecule has 0 heterocycles. The zero-order valence-corrected chi connectivity index (χ0v) is 10.8. The van der Waals surface area contributed by atoms with Crippen LogP contribution in [-0.4, -0.2) is 21.7 Å². The van der Waals surface area contributed by atoms with Gasteiger partial charge in [-0.1, -0.05) is 44.2 Å². The van der Waals surface area contributed by atoms with Crippen molar-refractivity contribution in [2.45, 2.75) is 19.8 Å². The molecule has 0 amide bonds. The Bertz CT molecular complexity index is 421. The molecule has 1 rings (SSSR count). The Morgan fingerprint density at radius 2 is 1.76 bits per heavy atom. The number of carbonyl (C=O) groups excluding carboxylic acids is 1. The summed E-state index contributed by atoms with van der Waals surface area (Å²) >= 11 is 0. The van der Waals surface area contributed by atoms with Crippen molar-refractivity contribution in [2.24, 2.45) is 5.92 Å². The standard InChI is InChI=1S/C12H17O4P/c1-9(2)12(10-6-4-3-5-7-10)11(13)8-17(14,15)16/h3-7,9,12H,8H2,1-2H3,(H2,14,15,16). The van der Waals surface area contributed by atoms with Gasteiger partial charge in [-0.25, -0.2) is 0 Å². The Labute approximate surface area is 101 Å². The molecule has 0 spiro atoms. The number of Topliss-reactive ketones (excluding diaryl/α,β-unsaturated/α-hetero) is 1. The van der Waals surface area contributed by atoms with E-state index in [4.69, 9.17) is 9.79 Å². The van der Waals surface area contributed by atoms with Crippen LogP contribution >= 0.6 is 7.60 Å². The van der Waals surface area contributed by atoms with Gasteiger partial charge in [0.1, 0.15) is 6.16 Å². The minimum absolute atomic E-state index is 0.0106. The summed E-state index contributed by atoms with van der Waals surface area (Å²) in [6.45, 7) is 3.74. The molecule has 4 nitrogen and oxygen atoms in total. The molecule has 0 saturated carbocycles. The number of hydrogen-bond acceptors (Lipinski definition) is 2. The van der Waals surface area contributed by atoms with Crippen LogP contribution in [0.3, 0.4) is 0 Å². The van der Waals surface area contributed by atoms with Gasteiger partial charge in [-0.15, -0.1) is 0 Å². The quantitative estimate of drug-likeness (QED) is 0.792. The van der Waals surface area contributed by atoms with Crippen molar-refractivity contribution in [3.05, 3.63) is 35.9 Å². The van der Waals surface area contributed by atoms with Crippen LogP contribution in [0.15, 0.2) is 30.3 Å². The zero-order valence-electron chi connectivity index (χ0n) is 9.91. The molecular formula is C12H17O4P. The molecule has 1 unspecified atom stereocenters. The van der Waals surface area contributed by atoms with Gasteiger partial charge in [0, 0.05) is 5.92 Å². The molecule has 1 atom stereocenters. The summed E-state index contributed by atoms with van der Waals surface area (Å²) in [5.74, 6) is -0.847. The van der Waals surface area contributed by atoms with Gasteiger partial charge in [0.25, 0.3) is 0 Å². The van der Waals surface area contributed by atoms with Crippen molar-refractivity contribution in [1.29, 1.82) is 0 Å². The van der Waals surface area contributed by atoms with Crippen molar-refractivity contribution >= 4 is 13.4 Å². The summed E-state index contributed by atoms with van der Waals surface area (Å²) in [4.78, 5) is 29.6. The van der Waals surface area contributed by atoms with Gasteiger partial charge in [0.05, 0.1) is 0 Å². The third-order valence-electron chi connectivity index (χ3n) is 2.53. The molecule has 0 aliphatic carbocycles. The van der Waals surface area contributed by atoms with E-state index in [9.17, 15) is 9.36 Å². The summed E-state index contributed by atoms with van der Waals surface area (Å²) in [7, 11) is -4.29. The van der Waals surface area contributed by atoms with Crippen LogP contribution in [0.25, 0.3) is 0 Å². The van der Waals surface area contributed by atoms with Gasteiger partial charge in [-0.05, 0) is 11.5 Å². The minimum atomic E-state index is -4.29. The second-order valence-corrected chi connectivity index (χ2v) is 6.07. The average molecular weight is 256 g/mol. The van der Waals surface area contributed by atoms with E-state index in [2.05, 4.69) is 0 Å². The van der Waals surface area contributed by atoms with Gasteiger partial charge >= 0.3 is 7.60 Å². The number of carbonyl (C=O) groups is 1. The SMILES string of the molecule is CC(C)C(C(=O)CP(=O)(O)O)c1ccccc1. The first-order valence-corrected chi connectivity index (χ1v) is 7.23. The largest absolute Gasteiger partial charge is 0.332 e. The highest BCUT2D eigenvalue weighted by atomic mass is 31.2. The topological polar surface area (TPSA) is 74.6 Å². The van der Waals surface area contributed by atoms with Crippen molar-refractivity contribution in [3.63, 3.8) is 0 Å². The first kappa shape index (κ1) is 14.1. The molecule has 1 aromatic rings. The minimum Gasteiger partial charge on any atom is -0.324 e. The highest BCUT2D eigenvalue weighted by Crippen LogP contribution is 2.37. The summed E-state index contributed by atoms with van der Waals surface area (Å²) in [6.07, 6.45) is -0.690. The van der Waals surface area contributed by atoms with Gasteiger partial charge < -0.3 is 9.79 Å². The molecule has 0 saturated heterocycles. The maximum absolute atomic E-state index is 11.9. The van der Waals surface area contributed by atoms with Crippen LogP contribution in [0, 0.1) is 5.92 Å². The van der Waals surface area contributed by atoms with Gasteiger partial charge in [0.15, 0.2) is 5.78 Å². The lowest BCUT2D eigenvalue weighted by Gasteiger charge is -2.20. The van der Waals surface area contributed by atoms with Crippen LogP contribution in [-0.2, 0) is 9.36 Å². The van der Waals surface area contributed by atoms with E-state index in [1.54, 1.807) is 0 Å². The number of benzene rings is 1. The maximum atomic E-state index is 11.9. The monoisotopic (exact) mass is 256 g/mol. The first-order chi connectivity index (χ1) is 7.81. The van der Waals surface area contributed by atoms with Crippen LogP contribution < -0.4 is 0 Å². The van der Waals surface area contributed by atoms with E-state index < -0.39 is 25.5 Å². The third-order valence-corrected chi connectivity index (χ3v) is 3.26. The van der Waals surface area contributed by atoms with E-state index >= 15 is 0 Å². The number of hydrogen-bond donors (Lipinski definition) is 2. The molecule has 0 aromatic heterocycles. The summed E-state index contributed by atoms with van der Waals surface area (Å²) in [5.41, 5.74) is 0.806. The van der Waals surface area contributed by atoms with E-state index in [-0.39, 0.29) is 5.92 Å². The van der Waals surface area contributed by atoms with Crippen LogP contribution in [0.2, 0.25) is 0 Å². The molecule has 94 valence electrons. The van der Waals surface area contributed by atoms with Gasteiger partial charge in [-0.2, -0.15) is 0 Å². The molecule has 17 heavy (non-hydrogen) atoms. The average Bonchev–Trinajstić information content (AvgIpc) is 2.15. The van der Waals surface area contributed by atoms with Crippen LogP contribution in [0.4, 0.5) is 0 Å². The van der Waals surface area contributed by atoms with Gasteiger partial charge in [-0.3, -0.25) is 9.36 Å². The fraction of sp³-hybridized carbons (Fsp3) is 0.417. The van der Waals surface area contributed by atoms with Gasteiger partial charge in [0.2, 0.25) is 0 Å². The molecule has 0 aliphatic rings. The molecule has 2 N–H and O–H groups in total. The highest BCUT2D eigenvalue weighted by molar-refractivity contribution is 7.52. The fourth-order valence-corrected chi connectivity index (χ4v) is 2.51. The molecule has 5 heteroatoms. The molecule has 0 fully saturated rings. The summed E-state index contributed by atoms with van der Waals surface area (Å²) in [5, 5.41) is 0. The summed E-state index contributed by atoms with van der Waals surface area (Å²) < 4.78 is 10.9. The van der Waals surface area contributed by atoms with Crippen LogP contribution in [0.5, 0.6) is 0 Å². The fourth-order valence-electron chi connectivity index (χ4n) is 1.90. The third kappa shape index (κ3) is 4.43. The van der Waals surface area contributed by atoms with E-state index in [0.29, 0.717) is 0 Å². The van der Waals surface area contributed by atoms with E-state index in [0.717, 1.165) is 5.56 Å². The highest BCUT2D eigenvalue weighted by Gasteiger charge is 2.29. The Hall–Kier alpha value is -0.960. The Balaban J connectivity index is 2.95. The zero-order chi connectivity index (χ0) is 13.1. The predicted molar refractivity (Wildman–Crippen MR) is 65.9 cm³/mol. The smallest absolute Gasteiger partial charge is 0.324 e. The Morgan fingerprint density at radius 1 is 1.24 bits per heavy atom. The lowest BCUT2D eigenvalue weighted by atomic mass is 9.85. The summed E-state index contributed by atoms with van der Waals surface area (Å²) in [6, 6.07) is 9.09. The van der Waals surface area contributed by atoms with E-state index in [1.807, 2.05) is 44.2 Å². The number of rotatable bonds is 5. The van der Waals surface area contributed by atoms with Crippen molar-refractivity contribution in [3.8, 4) is 0 Å². The second-order valence-electron chi connectivity index (χ2n) is 4.42. The molecule has 0 bridgehead atoms. The lowest BCUT2D eigenvalue weighted by Crippen LogP contribution is -2.21. The van der Waals surface area contributed by atoms with Crippen LogP contribution in [0.1, 0.15) is 25.3 Å². The molecule has 1 aromatic carbocycles. The predicted octanol–water partition coefficient (Wildman–Crippen LogP) is 2.17. The maximum Gasteiger partial charge on any atom is 0.332 e. The Morgan fingerprint density at radius 3 is 2.18 bits per heavy atom. The second kappa shape index (κ2) is 5.58.